The lowest BCUT2D eigenvalue weighted by molar-refractivity contribution is 0.246. The lowest BCUT2D eigenvalue weighted by atomic mass is 10.0. The highest BCUT2D eigenvalue weighted by Gasteiger charge is 2.30. The van der Waals surface area contributed by atoms with E-state index in [-0.39, 0.29) is 0 Å². The molecule has 2 nitrogen and oxygen atoms in total. The van der Waals surface area contributed by atoms with Gasteiger partial charge in [-0.15, -0.1) is 0 Å². The Morgan fingerprint density at radius 3 is 2.54 bits per heavy atom. The highest BCUT2D eigenvalue weighted by molar-refractivity contribution is 5.07. The SMILES string of the molecule is NCCC=C1CCN(C2CC2)CC1. The minimum atomic E-state index is 0.801. The molecule has 2 rings (SSSR count). The summed E-state index contributed by atoms with van der Waals surface area (Å²) in [7, 11) is 0. The molecule has 0 aromatic rings. The Kier molecular flexibility index (Phi) is 3.01. The fourth-order valence-electron chi connectivity index (χ4n) is 2.11. The molecule has 0 spiro atoms. The van der Waals surface area contributed by atoms with E-state index in [1.165, 1.54) is 38.8 Å². The standard InChI is InChI=1S/C11H20N2/c12-7-1-2-10-5-8-13(9-6-10)11-3-4-11/h2,11H,1,3-9,12H2. The van der Waals surface area contributed by atoms with E-state index in [4.69, 9.17) is 5.73 Å². The number of piperidine rings is 1. The van der Waals surface area contributed by atoms with E-state index in [1.54, 1.807) is 5.57 Å². The summed E-state index contributed by atoms with van der Waals surface area (Å²) in [4.78, 5) is 2.65. The molecular weight excluding hydrogens is 160 g/mol. The molecule has 0 amide bonds. The molecule has 0 aromatic carbocycles. The van der Waals surface area contributed by atoms with Gasteiger partial charge in [-0.2, -0.15) is 0 Å². The Morgan fingerprint density at radius 1 is 1.31 bits per heavy atom. The number of nitrogens with zero attached hydrogens (tertiary/aromatic N) is 1. The Hall–Kier alpha value is -0.340. The zero-order valence-corrected chi connectivity index (χ0v) is 8.34. The predicted octanol–water partition coefficient (Wildman–Crippen LogP) is 1.52. The molecule has 1 saturated heterocycles. The minimum Gasteiger partial charge on any atom is -0.330 e. The molecule has 0 atom stereocenters. The summed E-state index contributed by atoms with van der Waals surface area (Å²) in [5.74, 6) is 0. The Balaban J connectivity index is 1.74. The van der Waals surface area contributed by atoms with E-state index in [0.717, 1.165) is 19.0 Å². The van der Waals surface area contributed by atoms with E-state index in [9.17, 15) is 0 Å². The highest BCUT2D eigenvalue weighted by atomic mass is 15.2. The molecule has 2 aliphatic rings. The first-order valence-electron chi connectivity index (χ1n) is 5.52. The monoisotopic (exact) mass is 180 g/mol. The van der Waals surface area contributed by atoms with Crippen molar-refractivity contribution >= 4 is 0 Å². The van der Waals surface area contributed by atoms with E-state index >= 15 is 0 Å². The van der Waals surface area contributed by atoms with Crippen LogP contribution in [0.4, 0.5) is 0 Å². The van der Waals surface area contributed by atoms with Crippen molar-refractivity contribution in [2.45, 2.75) is 38.1 Å². The van der Waals surface area contributed by atoms with Crippen LogP contribution in [0.25, 0.3) is 0 Å². The zero-order chi connectivity index (χ0) is 9.10. The maximum Gasteiger partial charge on any atom is 0.00966 e. The second kappa shape index (κ2) is 4.25. The highest BCUT2D eigenvalue weighted by Crippen LogP contribution is 2.30. The van der Waals surface area contributed by atoms with Crippen LogP contribution in [0, 0.1) is 0 Å². The molecule has 13 heavy (non-hydrogen) atoms. The van der Waals surface area contributed by atoms with Crippen LogP contribution >= 0.6 is 0 Å². The van der Waals surface area contributed by atoms with Gasteiger partial charge in [0.1, 0.15) is 0 Å². The van der Waals surface area contributed by atoms with Gasteiger partial charge in [-0.1, -0.05) is 11.6 Å². The number of nitrogens with two attached hydrogens (primary N) is 1. The third-order valence-electron chi connectivity index (χ3n) is 3.10. The van der Waals surface area contributed by atoms with Crippen LogP contribution in [-0.4, -0.2) is 30.6 Å². The molecule has 2 heteroatoms. The lowest BCUT2D eigenvalue weighted by Gasteiger charge is -2.28. The average molecular weight is 180 g/mol. The maximum atomic E-state index is 5.48. The summed E-state index contributed by atoms with van der Waals surface area (Å²) in [6, 6.07) is 0.955. The first-order valence-corrected chi connectivity index (χ1v) is 5.52. The Morgan fingerprint density at radius 2 is 2.00 bits per heavy atom. The van der Waals surface area contributed by atoms with Gasteiger partial charge in [0.2, 0.25) is 0 Å². The first-order chi connectivity index (χ1) is 6.40. The molecule has 2 fully saturated rings. The Bertz CT molecular complexity index is 184. The number of hydrogen-bond donors (Lipinski definition) is 1. The molecule has 0 aromatic heterocycles. The van der Waals surface area contributed by atoms with Gasteiger partial charge in [-0.25, -0.2) is 0 Å². The molecule has 0 unspecified atom stereocenters. The quantitative estimate of drug-likeness (QED) is 0.667. The summed E-state index contributed by atoms with van der Waals surface area (Å²) < 4.78 is 0. The van der Waals surface area contributed by atoms with Gasteiger partial charge in [0.05, 0.1) is 0 Å². The second-order valence-electron chi connectivity index (χ2n) is 4.21. The van der Waals surface area contributed by atoms with Gasteiger partial charge in [-0.05, 0) is 38.6 Å². The second-order valence-corrected chi connectivity index (χ2v) is 4.21. The third-order valence-corrected chi connectivity index (χ3v) is 3.10. The molecule has 2 N–H and O–H groups in total. The molecule has 0 radical (unpaired) electrons. The van der Waals surface area contributed by atoms with Crippen molar-refractivity contribution in [3.63, 3.8) is 0 Å². The molecule has 1 aliphatic carbocycles. The zero-order valence-electron chi connectivity index (χ0n) is 8.34. The van der Waals surface area contributed by atoms with Crippen molar-refractivity contribution < 1.29 is 0 Å². The van der Waals surface area contributed by atoms with Crippen LogP contribution in [0.2, 0.25) is 0 Å². The van der Waals surface area contributed by atoms with Crippen LogP contribution in [0.3, 0.4) is 0 Å². The molecule has 1 saturated carbocycles. The topological polar surface area (TPSA) is 29.3 Å². The number of hydrogen-bond acceptors (Lipinski definition) is 2. The molecular formula is C11H20N2. The van der Waals surface area contributed by atoms with E-state index in [1.807, 2.05) is 0 Å². The molecule has 1 heterocycles. The molecule has 0 bridgehead atoms. The molecule has 74 valence electrons. The van der Waals surface area contributed by atoms with Crippen LogP contribution in [0.5, 0.6) is 0 Å². The third kappa shape index (κ3) is 2.55. The first kappa shape index (κ1) is 9.22. The molecule has 1 aliphatic heterocycles. The van der Waals surface area contributed by atoms with Crippen LogP contribution in [0.15, 0.2) is 11.6 Å². The number of rotatable bonds is 3. The fraction of sp³-hybridized carbons (Fsp3) is 0.818. The van der Waals surface area contributed by atoms with Gasteiger partial charge in [0, 0.05) is 19.1 Å². The van der Waals surface area contributed by atoms with Crippen molar-refractivity contribution in [2.24, 2.45) is 5.73 Å². The number of likely N-dealkylation sites (tertiary alicyclic amines) is 1. The van der Waals surface area contributed by atoms with Crippen LogP contribution < -0.4 is 5.73 Å². The van der Waals surface area contributed by atoms with Gasteiger partial charge in [0.15, 0.2) is 0 Å². The van der Waals surface area contributed by atoms with E-state index < -0.39 is 0 Å². The lowest BCUT2D eigenvalue weighted by Crippen LogP contribution is -2.32. The summed E-state index contributed by atoms with van der Waals surface area (Å²) in [5, 5.41) is 0. The van der Waals surface area contributed by atoms with Gasteiger partial charge >= 0.3 is 0 Å². The minimum absolute atomic E-state index is 0.801. The van der Waals surface area contributed by atoms with Crippen molar-refractivity contribution in [2.75, 3.05) is 19.6 Å². The average Bonchev–Trinajstić information content (AvgIpc) is 2.99. The van der Waals surface area contributed by atoms with E-state index in [2.05, 4.69) is 11.0 Å². The smallest absolute Gasteiger partial charge is 0.00966 e. The summed E-state index contributed by atoms with van der Waals surface area (Å²) in [6.45, 7) is 3.39. The maximum absolute atomic E-state index is 5.48. The van der Waals surface area contributed by atoms with Crippen molar-refractivity contribution in [3.05, 3.63) is 11.6 Å². The largest absolute Gasteiger partial charge is 0.330 e. The van der Waals surface area contributed by atoms with Crippen LogP contribution in [-0.2, 0) is 0 Å². The predicted molar refractivity (Wildman–Crippen MR) is 55.6 cm³/mol. The summed E-state index contributed by atoms with van der Waals surface area (Å²) in [5.41, 5.74) is 7.12. The van der Waals surface area contributed by atoms with Crippen molar-refractivity contribution in [3.8, 4) is 0 Å². The summed E-state index contributed by atoms with van der Waals surface area (Å²) >= 11 is 0. The van der Waals surface area contributed by atoms with Crippen molar-refractivity contribution in [1.82, 2.24) is 4.90 Å². The van der Waals surface area contributed by atoms with Gasteiger partial charge in [0.25, 0.3) is 0 Å². The van der Waals surface area contributed by atoms with Gasteiger partial charge < -0.3 is 5.73 Å². The van der Waals surface area contributed by atoms with Crippen molar-refractivity contribution in [1.29, 1.82) is 0 Å². The van der Waals surface area contributed by atoms with E-state index in [0.29, 0.717) is 0 Å². The Labute approximate surface area is 80.8 Å². The summed E-state index contributed by atoms with van der Waals surface area (Å²) in [6.07, 6.45) is 8.89. The van der Waals surface area contributed by atoms with Gasteiger partial charge in [-0.3, -0.25) is 4.90 Å². The van der Waals surface area contributed by atoms with Crippen LogP contribution in [0.1, 0.15) is 32.1 Å². The normalized spacial score (nSPS) is 24.8. The fourth-order valence-corrected chi connectivity index (χ4v) is 2.11.